The number of methoxy groups -OCH3 is 1. The van der Waals surface area contributed by atoms with Crippen molar-refractivity contribution in [3.63, 3.8) is 0 Å². The van der Waals surface area contributed by atoms with Gasteiger partial charge >= 0.3 is 0 Å². The van der Waals surface area contributed by atoms with Gasteiger partial charge in [-0.3, -0.25) is 9.29 Å². The minimum absolute atomic E-state index is 0.00121. The van der Waals surface area contributed by atoms with Crippen LogP contribution in [0.4, 0.5) is 5.95 Å². The number of nitrogens with one attached hydrogen (secondary N) is 1. The maximum atomic E-state index is 13.2. The van der Waals surface area contributed by atoms with Crippen LogP contribution in [0.25, 0.3) is 11.5 Å². The lowest BCUT2D eigenvalue weighted by molar-refractivity contribution is 0.398. The molecule has 4 aromatic heterocycles. The molecule has 0 aliphatic rings. The first-order chi connectivity index (χ1) is 16.3. The average Bonchev–Trinajstić information content (AvgIpc) is 3.49. The lowest BCUT2D eigenvalue weighted by Gasteiger charge is -2.20. The third-order valence-corrected chi connectivity index (χ3v) is 7.25. The van der Waals surface area contributed by atoms with Gasteiger partial charge in [0.15, 0.2) is 5.82 Å². The van der Waals surface area contributed by atoms with E-state index >= 15 is 0 Å². The Bertz CT molecular complexity index is 1360. The van der Waals surface area contributed by atoms with E-state index in [1.165, 1.54) is 25.8 Å². The topological polar surface area (TPSA) is 151 Å². The molecule has 0 fully saturated rings. The number of sulfonamides is 1. The standard InChI is InChI=1S/C20H21ClN8O4S/c1-12(18-22-9-14(21)10-23-18)13(2)34(30,31)28-20-26-25-19(16-5-4-6-17(24-16)32-3)29(20)11-15-7-8-33-27-15/h4-10,12-13H,11H2,1-3H3,(H,26,28)/t12-,13-/m0/s1. The maximum absolute atomic E-state index is 13.2. The van der Waals surface area contributed by atoms with Crippen molar-refractivity contribution in [2.24, 2.45) is 0 Å². The summed E-state index contributed by atoms with van der Waals surface area (Å²) in [5, 5.41) is 11.6. The van der Waals surface area contributed by atoms with Gasteiger partial charge < -0.3 is 9.26 Å². The van der Waals surface area contributed by atoms with Crippen LogP contribution in [0.5, 0.6) is 5.88 Å². The molecule has 4 aromatic rings. The summed E-state index contributed by atoms with van der Waals surface area (Å²) in [5.41, 5.74) is 0.983. The average molecular weight is 505 g/mol. The number of hydrogen-bond donors (Lipinski definition) is 1. The molecule has 0 aromatic carbocycles. The Kier molecular flexibility index (Phi) is 6.75. The molecule has 0 bridgehead atoms. The van der Waals surface area contributed by atoms with Crippen molar-refractivity contribution in [1.29, 1.82) is 0 Å². The zero-order valence-corrected chi connectivity index (χ0v) is 20.0. The van der Waals surface area contributed by atoms with Gasteiger partial charge in [0.2, 0.25) is 21.9 Å². The van der Waals surface area contributed by atoms with Crippen molar-refractivity contribution in [3.8, 4) is 17.4 Å². The molecule has 178 valence electrons. The molecule has 14 heteroatoms. The number of rotatable bonds is 9. The predicted octanol–water partition coefficient (Wildman–Crippen LogP) is 2.76. The fourth-order valence-corrected chi connectivity index (χ4v) is 4.46. The fraction of sp³-hybridized carbons (Fsp3) is 0.300. The molecule has 0 aliphatic carbocycles. The highest BCUT2D eigenvalue weighted by Crippen LogP contribution is 2.26. The molecular weight excluding hydrogens is 484 g/mol. The Labute approximate surface area is 200 Å². The Morgan fingerprint density at radius 2 is 1.94 bits per heavy atom. The molecule has 1 N–H and O–H groups in total. The Hall–Kier alpha value is -3.58. The first-order valence-electron chi connectivity index (χ1n) is 10.1. The van der Waals surface area contributed by atoms with E-state index in [0.717, 1.165) is 0 Å². The zero-order valence-electron chi connectivity index (χ0n) is 18.5. The smallest absolute Gasteiger partial charge is 0.238 e. The predicted molar refractivity (Wildman–Crippen MR) is 123 cm³/mol. The third kappa shape index (κ3) is 4.99. The van der Waals surface area contributed by atoms with Gasteiger partial charge in [-0.1, -0.05) is 29.7 Å². The van der Waals surface area contributed by atoms with Crippen LogP contribution in [-0.2, 0) is 16.6 Å². The third-order valence-electron chi connectivity index (χ3n) is 5.20. The Morgan fingerprint density at radius 3 is 2.62 bits per heavy atom. The highest BCUT2D eigenvalue weighted by Gasteiger charge is 2.31. The number of anilines is 1. The second-order valence-electron chi connectivity index (χ2n) is 7.39. The molecule has 2 atom stereocenters. The normalized spacial score (nSPS) is 13.4. The van der Waals surface area contributed by atoms with E-state index in [2.05, 4.69) is 35.0 Å². The summed E-state index contributed by atoms with van der Waals surface area (Å²) in [4.78, 5) is 12.7. The van der Waals surface area contributed by atoms with E-state index in [0.29, 0.717) is 33.9 Å². The quantitative estimate of drug-likeness (QED) is 0.360. The first kappa shape index (κ1) is 23.6. The molecule has 0 aliphatic heterocycles. The molecule has 34 heavy (non-hydrogen) atoms. The van der Waals surface area contributed by atoms with Crippen LogP contribution in [0.2, 0.25) is 5.02 Å². The Morgan fingerprint density at radius 1 is 1.18 bits per heavy atom. The van der Waals surface area contributed by atoms with Crippen LogP contribution in [0, 0.1) is 0 Å². The molecule has 4 rings (SSSR count). The van der Waals surface area contributed by atoms with Crippen LogP contribution in [0.3, 0.4) is 0 Å². The molecule has 0 unspecified atom stereocenters. The fourth-order valence-electron chi connectivity index (χ4n) is 3.11. The monoisotopic (exact) mass is 504 g/mol. The highest BCUT2D eigenvalue weighted by atomic mass is 35.5. The molecule has 4 heterocycles. The largest absolute Gasteiger partial charge is 0.481 e. The van der Waals surface area contributed by atoms with E-state index in [1.807, 2.05) is 0 Å². The van der Waals surface area contributed by atoms with Gasteiger partial charge in [-0.05, 0) is 13.0 Å². The van der Waals surface area contributed by atoms with Crippen LogP contribution in [-0.4, -0.2) is 55.7 Å². The van der Waals surface area contributed by atoms with Crippen molar-refractivity contribution < 1.29 is 17.7 Å². The van der Waals surface area contributed by atoms with Crippen molar-refractivity contribution in [1.82, 2.24) is 34.9 Å². The molecule has 0 saturated carbocycles. The number of halogens is 1. The highest BCUT2D eigenvalue weighted by molar-refractivity contribution is 7.93. The van der Waals surface area contributed by atoms with Gasteiger partial charge in [-0.2, -0.15) is 0 Å². The summed E-state index contributed by atoms with van der Waals surface area (Å²) in [7, 11) is -2.43. The van der Waals surface area contributed by atoms with Crippen LogP contribution in [0.1, 0.15) is 31.3 Å². The van der Waals surface area contributed by atoms with Crippen LogP contribution in [0.15, 0.2) is 47.4 Å². The lowest BCUT2D eigenvalue weighted by atomic mass is 10.1. The van der Waals surface area contributed by atoms with Crippen LogP contribution >= 0.6 is 11.6 Å². The molecular formula is C20H21ClN8O4S. The molecule has 12 nitrogen and oxygen atoms in total. The van der Waals surface area contributed by atoms with Gasteiger partial charge in [0.05, 0.1) is 23.9 Å². The second kappa shape index (κ2) is 9.73. The maximum Gasteiger partial charge on any atom is 0.238 e. The van der Waals surface area contributed by atoms with Gasteiger partial charge in [0.25, 0.3) is 0 Å². The number of pyridine rings is 1. The summed E-state index contributed by atoms with van der Waals surface area (Å²) < 4.78 is 40.7. The Balaban J connectivity index is 1.67. The van der Waals surface area contributed by atoms with E-state index in [9.17, 15) is 8.42 Å². The van der Waals surface area contributed by atoms with Gasteiger partial charge in [0, 0.05) is 30.4 Å². The van der Waals surface area contributed by atoms with E-state index in [1.54, 1.807) is 42.7 Å². The summed E-state index contributed by atoms with van der Waals surface area (Å²) in [6.45, 7) is 3.42. The molecule has 0 radical (unpaired) electrons. The lowest BCUT2D eigenvalue weighted by Crippen LogP contribution is -2.31. The summed E-state index contributed by atoms with van der Waals surface area (Å²) in [5.74, 6) is 0.523. The van der Waals surface area contributed by atoms with E-state index in [-0.39, 0.29) is 12.5 Å². The number of nitrogens with zero attached hydrogens (tertiary/aromatic N) is 7. The summed E-state index contributed by atoms with van der Waals surface area (Å²) in [6, 6.07) is 6.81. The SMILES string of the molecule is COc1cccc(-c2nnc(NS(=O)(=O)[C@@H](C)[C@H](C)c3ncc(Cl)cn3)n2Cc2ccon2)n1. The van der Waals surface area contributed by atoms with Crippen molar-refractivity contribution in [2.75, 3.05) is 11.8 Å². The van der Waals surface area contributed by atoms with Gasteiger partial charge in [0.1, 0.15) is 23.5 Å². The van der Waals surface area contributed by atoms with Crippen molar-refractivity contribution >= 4 is 27.6 Å². The number of hydrogen-bond acceptors (Lipinski definition) is 10. The molecule has 0 saturated heterocycles. The van der Waals surface area contributed by atoms with E-state index in [4.69, 9.17) is 20.9 Å². The minimum atomic E-state index is -3.93. The number of aromatic nitrogens is 7. The minimum Gasteiger partial charge on any atom is -0.481 e. The number of ether oxygens (including phenoxy) is 1. The summed E-state index contributed by atoms with van der Waals surface area (Å²) in [6.07, 6.45) is 4.27. The van der Waals surface area contributed by atoms with E-state index < -0.39 is 21.2 Å². The van der Waals surface area contributed by atoms with Crippen molar-refractivity contribution in [3.05, 3.63) is 59.5 Å². The van der Waals surface area contributed by atoms with Crippen LogP contribution < -0.4 is 9.46 Å². The van der Waals surface area contributed by atoms with Gasteiger partial charge in [-0.25, -0.2) is 23.4 Å². The first-order valence-corrected chi connectivity index (χ1v) is 12.0. The second-order valence-corrected chi connectivity index (χ2v) is 9.86. The van der Waals surface area contributed by atoms with Gasteiger partial charge in [-0.15, -0.1) is 10.2 Å². The molecule has 0 amide bonds. The zero-order chi connectivity index (χ0) is 24.3. The molecule has 0 spiro atoms. The van der Waals surface area contributed by atoms with Crippen molar-refractivity contribution in [2.45, 2.75) is 31.6 Å². The summed E-state index contributed by atoms with van der Waals surface area (Å²) >= 11 is 5.84.